The van der Waals surface area contributed by atoms with Crippen LogP contribution in [0.1, 0.15) is 17.3 Å². The molecule has 0 fully saturated rings. The molecule has 0 aromatic heterocycles. The normalized spacial score (nSPS) is 12.3. The van der Waals surface area contributed by atoms with Gasteiger partial charge in [0.25, 0.3) is 5.91 Å². The number of esters is 1. The third-order valence-corrected chi connectivity index (χ3v) is 5.33. The number of halogens is 2. The van der Waals surface area contributed by atoms with Crippen LogP contribution in [0, 0.1) is 0 Å². The molecule has 138 valence electrons. The molecular formula is C17H15Cl2NO5S. The lowest BCUT2D eigenvalue weighted by Gasteiger charge is -2.14. The summed E-state index contributed by atoms with van der Waals surface area (Å²) in [7, 11) is -3.36. The fraction of sp³-hybridized carbons (Fsp3) is 0.176. The van der Waals surface area contributed by atoms with Crippen LogP contribution in [0.5, 0.6) is 0 Å². The summed E-state index contributed by atoms with van der Waals surface area (Å²) in [5, 5.41) is 2.98. The first-order chi connectivity index (χ1) is 12.1. The first kappa shape index (κ1) is 20.2. The molecule has 0 aliphatic carbocycles. The van der Waals surface area contributed by atoms with E-state index in [9.17, 15) is 18.0 Å². The highest BCUT2D eigenvalue weighted by Gasteiger charge is 2.20. The largest absolute Gasteiger partial charge is 0.449 e. The Morgan fingerprint density at radius 1 is 1.08 bits per heavy atom. The molecule has 2 rings (SSSR count). The second-order valence-corrected chi connectivity index (χ2v) is 8.24. The minimum atomic E-state index is -3.36. The smallest absolute Gasteiger partial charge is 0.338 e. The van der Waals surface area contributed by atoms with Gasteiger partial charge < -0.3 is 10.1 Å². The first-order valence-corrected chi connectivity index (χ1v) is 10.0. The highest BCUT2D eigenvalue weighted by molar-refractivity contribution is 7.90. The fourth-order valence-electron chi connectivity index (χ4n) is 1.96. The summed E-state index contributed by atoms with van der Waals surface area (Å²) in [5.41, 5.74) is 0.419. The van der Waals surface area contributed by atoms with Gasteiger partial charge >= 0.3 is 5.97 Å². The molecule has 0 heterocycles. The van der Waals surface area contributed by atoms with Gasteiger partial charge in [0.1, 0.15) is 0 Å². The number of hydrogen-bond acceptors (Lipinski definition) is 5. The molecule has 1 amide bonds. The molecule has 0 radical (unpaired) electrons. The second-order valence-electron chi connectivity index (χ2n) is 5.43. The van der Waals surface area contributed by atoms with Gasteiger partial charge in [-0.15, -0.1) is 0 Å². The third-order valence-electron chi connectivity index (χ3n) is 3.38. The number of carbonyl (C=O) groups excluding carboxylic acids is 2. The van der Waals surface area contributed by atoms with Crippen LogP contribution in [-0.4, -0.2) is 32.7 Å². The summed E-state index contributed by atoms with van der Waals surface area (Å²) >= 11 is 11.9. The molecule has 1 N–H and O–H groups in total. The maximum absolute atomic E-state index is 12.2. The van der Waals surface area contributed by atoms with E-state index in [1.165, 1.54) is 31.2 Å². The van der Waals surface area contributed by atoms with Crippen molar-refractivity contribution in [1.82, 2.24) is 0 Å². The Balaban J connectivity index is 2.04. The Morgan fingerprint density at radius 3 is 2.27 bits per heavy atom. The number of rotatable bonds is 5. The topological polar surface area (TPSA) is 89.5 Å². The third kappa shape index (κ3) is 4.97. The van der Waals surface area contributed by atoms with Crippen molar-refractivity contribution in [3.63, 3.8) is 0 Å². The Hall–Kier alpha value is -2.09. The summed E-state index contributed by atoms with van der Waals surface area (Å²) in [6.45, 7) is 1.40. The number of sulfone groups is 1. The van der Waals surface area contributed by atoms with Gasteiger partial charge in [-0.1, -0.05) is 29.3 Å². The molecule has 6 nitrogen and oxygen atoms in total. The van der Waals surface area contributed by atoms with Gasteiger partial charge in [0.15, 0.2) is 15.9 Å². The molecule has 0 saturated heterocycles. The molecule has 0 bridgehead atoms. The van der Waals surface area contributed by atoms with Gasteiger partial charge in [0, 0.05) is 6.26 Å². The highest BCUT2D eigenvalue weighted by atomic mass is 35.5. The molecular weight excluding hydrogens is 401 g/mol. The number of anilines is 1. The molecule has 1 atom stereocenters. The Kier molecular flexibility index (Phi) is 6.28. The lowest BCUT2D eigenvalue weighted by molar-refractivity contribution is -0.123. The quantitative estimate of drug-likeness (QED) is 0.753. The predicted octanol–water partition coefficient (Wildman–Crippen LogP) is 3.58. The molecule has 0 unspecified atom stereocenters. The Morgan fingerprint density at radius 2 is 1.69 bits per heavy atom. The number of amides is 1. The van der Waals surface area contributed by atoms with Crippen LogP contribution in [0.2, 0.25) is 10.0 Å². The van der Waals surface area contributed by atoms with E-state index in [1.807, 2.05) is 0 Å². The van der Waals surface area contributed by atoms with Crippen molar-refractivity contribution in [2.45, 2.75) is 17.9 Å². The number of hydrogen-bond donors (Lipinski definition) is 1. The standard InChI is InChI=1S/C17H15Cl2NO5S/c1-10(16(21)20-14-5-3-4-13(18)15(14)19)25-17(22)11-6-8-12(9-7-11)26(2,23)24/h3-10H,1-2H3,(H,20,21)/t10-/m1/s1. The SMILES string of the molecule is C[C@@H](OC(=O)c1ccc(S(C)(=O)=O)cc1)C(=O)Nc1cccc(Cl)c1Cl. The molecule has 26 heavy (non-hydrogen) atoms. The fourth-order valence-corrected chi connectivity index (χ4v) is 2.93. The number of ether oxygens (including phenoxy) is 1. The maximum Gasteiger partial charge on any atom is 0.338 e. The van der Waals surface area contributed by atoms with Crippen LogP contribution in [0.4, 0.5) is 5.69 Å². The molecule has 0 saturated carbocycles. The molecule has 0 aliphatic heterocycles. The second kappa shape index (κ2) is 8.07. The van der Waals surface area contributed by atoms with Gasteiger partial charge in [0.2, 0.25) is 0 Å². The Labute approximate surface area is 161 Å². The van der Waals surface area contributed by atoms with E-state index >= 15 is 0 Å². The molecule has 0 aliphatic rings. The van der Waals surface area contributed by atoms with Crippen LogP contribution >= 0.6 is 23.2 Å². The Bertz CT molecular complexity index is 942. The number of carbonyl (C=O) groups is 2. The van der Waals surface area contributed by atoms with Gasteiger partial charge in [-0.3, -0.25) is 4.79 Å². The summed E-state index contributed by atoms with van der Waals surface area (Å²) in [5.74, 6) is -1.35. The highest BCUT2D eigenvalue weighted by Crippen LogP contribution is 2.29. The molecule has 2 aromatic carbocycles. The summed E-state index contributed by atoms with van der Waals surface area (Å²) in [4.78, 5) is 24.3. The van der Waals surface area contributed by atoms with Crippen molar-refractivity contribution in [3.05, 3.63) is 58.1 Å². The van der Waals surface area contributed by atoms with Crippen molar-refractivity contribution < 1.29 is 22.7 Å². The van der Waals surface area contributed by atoms with Gasteiger partial charge in [-0.2, -0.15) is 0 Å². The minimum Gasteiger partial charge on any atom is -0.449 e. The summed E-state index contributed by atoms with van der Waals surface area (Å²) in [6, 6.07) is 9.97. The average Bonchev–Trinajstić information content (AvgIpc) is 2.58. The summed E-state index contributed by atoms with van der Waals surface area (Å²) in [6.07, 6.45) is -0.0413. The van der Waals surface area contributed by atoms with E-state index in [1.54, 1.807) is 18.2 Å². The molecule has 9 heteroatoms. The van der Waals surface area contributed by atoms with Crippen molar-refractivity contribution in [3.8, 4) is 0 Å². The summed E-state index contributed by atoms with van der Waals surface area (Å²) < 4.78 is 27.9. The van der Waals surface area contributed by atoms with Crippen molar-refractivity contribution >= 4 is 50.6 Å². The zero-order chi connectivity index (χ0) is 19.5. The van der Waals surface area contributed by atoms with Gasteiger partial charge in [-0.25, -0.2) is 13.2 Å². The number of nitrogens with one attached hydrogen (secondary N) is 1. The predicted molar refractivity (Wildman–Crippen MR) is 99.5 cm³/mol. The zero-order valence-corrected chi connectivity index (χ0v) is 16.2. The van der Waals surface area contributed by atoms with Gasteiger partial charge in [-0.05, 0) is 43.3 Å². The maximum atomic E-state index is 12.2. The lowest BCUT2D eigenvalue weighted by Crippen LogP contribution is -2.30. The monoisotopic (exact) mass is 415 g/mol. The van der Waals surface area contributed by atoms with E-state index < -0.39 is 27.8 Å². The molecule has 0 spiro atoms. The van der Waals surface area contributed by atoms with Crippen LogP contribution < -0.4 is 5.32 Å². The lowest BCUT2D eigenvalue weighted by atomic mass is 10.2. The van der Waals surface area contributed by atoms with Gasteiger partial charge in [0.05, 0.1) is 26.2 Å². The van der Waals surface area contributed by atoms with Crippen molar-refractivity contribution in [1.29, 1.82) is 0 Å². The van der Waals surface area contributed by atoms with E-state index in [4.69, 9.17) is 27.9 Å². The van der Waals surface area contributed by atoms with Crippen LogP contribution in [0.25, 0.3) is 0 Å². The van der Waals surface area contributed by atoms with Crippen molar-refractivity contribution in [2.24, 2.45) is 0 Å². The molecule has 2 aromatic rings. The van der Waals surface area contributed by atoms with E-state index in [0.29, 0.717) is 5.69 Å². The zero-order valence-electron chi connectivity index (χ0n) is 13.8. The van der Waals surface area contributed by atoms with Crippen LogP contribution in [0.3, 0.4) is 0 Å². The first-order valence-electron chi connectivity index (χ1n) is 7.35. The van der Waals surface area contributed by atoms with Crippen molar-refractivity contribution in [2.75, 3.05) is 11.6 Å². The average molecular weight is 416 g/mol. The van der Waals surface area contributed by atoms with E-state index in [0.717, 1.165) is 6.26 Å². The van der Waals surface area contributed by atoms with E-state index in [-0.39, 0.29) is 20.5 Å². The minimum absolute atomic E-state index is 0.0791. The van der Waals surface area contributed by atoms with Crippen LogP contribution in [0.15, 0.2) is 47.4 Å². The van der Waals surface area contributed by atoms with Crippen LogP contribution in [-0.2, 0) is 19.4 Å². The van der Waals surface area contributed by atoms with E-state index in [2.05, 4.69) is 5.32 Å². The number of benzene rings is 2.